The van der Waals surface area contributed by atoms with Crippen LogP contribution in [0.5, 0.6) is 5.75 Å². The average Bonchev–Trinajstić information content (AvgIpc) is 2.42. The highest BCUT2D eigenvalue weighted by atomic mass is 79.9. The van der Waals surface area contributed by atoms with Gasteiger partial charge < -0.3 is 15.2 Å². The molecule has 0 spiro atoms. The summed E-state index contributed by atoms with van der Waals surface area (Å²) in [5, 5.41) is 13.3. The van der Waals surface area contributed by atoms with Gasteiger partial charge in [0, 0.05) is 17.1 Å². The van der Waals surface area contributed by atoms with Crippen molar-refractivity contribution in [3.05, 3.63) is 28.7 Å². The van der Waals surface area contributed by atoms with E-state index in [1.54, 1.807) is 0 Å². The molecule has 1 aromatic carbocycles. The first-order valence-corrected chi connectivity index (χ1v) is 7.74. The second-order valence-corrected chi connectivity index (χ2v) is 5.64. The van der Waals surface area contributed by atoms with Gasteiger partial charge in [0.2, 0.25) is 0 Å². The molecule has 0 fully saturated rings. The van der Waals surface area contributed by atoms with Gasteiger partial charge >= 0.3 is 0 Å². The summed E-state index contributed by atoms with van der Waals surface area (Å²) in [5.74, 6) is 0.780. The quantitative estimate of drug-likeness (QED) is 0.730. The topological polar surface area (TPSA) is 41.5 Å². The highest BCUT2D eigenvalue weighted by Crippen LogP contribution is 2.16. The molecule has 0 aromatic heterocycles. The van der Waals surface area contributed by atoms with E-state index in [2.05, 4.69) is 35.1 Å². The van der Waals surface area contributed by atoms with Crippen molar-refractivity contribution in [3.63, 3.8) is 0 Å². The van der Waals surface area contributed by atoms with E-state index in [0.29, 0.717) is 19.2 Å². The van der Waals surface area contributed by atoms with Gasteiger partial charge in [-0.25, -0.2) is 0 Å². The zero-order valence-corrected chi connectivity index (χ0v) is 13.3. The summed E-state index contributed by atoms with van der Waals surface area (Å²) in [5.41, 5.74) is 0. The Bertz CT molecular complexity index is 343. The van der Waals surface area contributed by atoms with Crippen molar-refractivity contribution in [2.24, 2.45) is 0 Å². The predicted molar refractivity (Wildman–Crippen MR) is 82.6 cm³/mol. The Morgan fingerprint density at radius 2 is 1.95 bits per heavy atom. The van der Waals surface area contributed by atoms with Gasteiger partial charge in [-0.05, 0) is 37.1 Å². The molecule has 0 aliphatic carbocycles. The lowest BCUT2D eigenvalue weighted by Crippen LogP contribution is -2.37. The lowest BCUT2D eigenvalue weighted by Gasteiger charge is -2.19. The smallest absolute Gasteiger partial charge is 0.119 e. The number of hydrogen-bond acceptors (Lipinski definition) is 3. The molecule has 4 heteroatoms. The van der Waals surface area contributed by atoms with Gasteiger partial charge in [-0.3, -0.25) is 0 Å². The minimum absolute atomic E-state index is 0.317. The van der Waals surface area contributed by atoms with Crippen LogP contribution in [-0.2, 0) is 0 Å². The zero-order chi connectivity index (χ0) is 14.1. The standard InChI is InChI=1S/C15H24BrNO2/c1-3-5-13(4-2)17-10-14(18)11-19-15-8-6-12(16)7-9-15/h6-9,13-14,17-18H,3-5,10-11H2,1-2H3. The van der Waals surface area contributed by atoms with Crippen LogP contribution in [0.3, 0.4) is 0 Å². The fourth-order valence-corrected chi connectivity index (χ4v) is 2.15. The number of halogens is 1. The third-order valence-corrected chi connectivity index (χ3v) is 3.56. The fourth-order valence-electron chi connectivity index (χ4n) is 1.88. The van der Waals surface area contributed by atoms with Crippen LogP contribution in [0.1, 0.15) is 33.1 Å². The lowest BCUT2D eigenvalue weighted by atomic mass is 10.1. The van der Waals surface area contributed by atoms with Crippen molar-refractivity contribution in [2.45, 2.75) is 45.3 Å². The number of aliphatic hydroxyl groups is 1. The van der Waals surface area contributed by atoms with Crippen LogP contribution in [0.15, 0.2) is 28.7 Å². The van der Waals surface area contributed by atoms with Crippen molar-refractivity contribution in [2.75, 3.05) is 13.2 Å². The first-order chi connectivity index (χ1) is 9.15. The Morgan fingerprint density at radius 1 is 1.26 bits per heavy atom. The largest absolute Gasteiger partial charge is 0.491 e. The maximum atomic E-state index is 9.88. The van der Waals surface area contributed by atoms with Crippen molar-refractivity contribution < 1.29 is 9.84 Å². The van der Waals surface area contributed by atoms with Gasteiger partial charge in [0.15, 0.2) is 0 Å². The second-order valence-electron chi connectivity index (χ2n) is 4.72. The van der Waals surface area contributed by atoms with Crippen LogP contribution in [0.4, 0.5) is 0 Å². The minimum Gasteiger partial charge on any atom is -0.491 e. The van der Waals surface area contributed by atoms with E-state index in [4.69, 9.17) is 4.74 Å². The summed E-state index contributed by atoms with van der Waals surface area (Å²) >= 11 is 3.37. The zero-order valence-electron chi connectivity index (χ0n) is 11.7. The van der Waals surface area contributed by atoms with Crippen LogP contribution in [0.2, 0.25) is 0 Å². The van der Waals surface area contributed by atoms with E-state index in [9.17, 15) is 5.11 Å². The van der Waals surface area contributed by atoms with Crippen LogP contribution >= 0.6 is 15.9 Å². The molecule has 0 amide bonds. The Hall–Kier alpha value is -0.580. The average molecular weight is 330 g/mol. The molecular formula is C15H24BrNO2. The summed E-state index contributed by atoms with van der Waals surface area (Å²) < 4.78 is 6.56. The molecule has 0 bridgehead atoms. The first-order valence-electron chi connectivity index (χ1n) is 6.95. The van der Waals surface area contributed by atoms with Gasteiger partial charge in [-0.2, -0.15) is 0 Å². The first kappa shape index (κ1) is 16.5. The van der Waals surface area contributed by atoms with Crippen LogP contribution in [-0.4, -0.2) is 30.4 Å². The number of nitrogens with one attached hydrogen (secondary N) is 1. The van der Waals surface area contributed by atoms with Crippen molar-refractivity contribution in [1.29, 1.82) is 0 Å². The molecule has 3 nitrogen and oxygen atoms in total. The molecule has 2 atom stereocenters. The number of benzene rings is 1. The summed E-state index contributed by atoms with van der Waals surface area (Å²) in [6.07, 6.45) is 2.93. The van der Waals surface area contributed by atoms with Crippen LogP contribution < -0.4 is 10.1 Å². The normalized spacial score (nSPS) is 14.1. The molecule has 19 heavy (non-hydrogen) atoms. The third-order valence-electron chi connectivity index (χ3n) is 3.03. The molecule has 1 rings (SSSR count). The number of rotatable bonds is 9. The lowest BCUT2D eigenvalue weighted by molar-refractivity contribution is 0.103. The number of ether oxygens (including phenoxy) is 1. The van der Waals surface area contributed by atoms with Gasteiger partial charge in [0.05, 0.1) is 0 Å². The van der Waals surface area contributed by atoms with Gasteiger partial charge in [-0.1, -0.05) is 36.2 Å². The van der Waals surface area contributed by atoms with Crippen LogP contribution in [0, 0.1) is 0 Å². The van der Waals surface area contributed by atoms with E-state index < -0.39 is 6.10 Å². The minimum atomic E-state index is -0.477. The molecule has 0 aliphatic heterocycles. The Kier molecular flexibility index (Phi) is 8.10. The van der Waals surface area contributed by atoms with E-state index in [1.807, 2.05) is 24.3 Å². The van der Waals surface area contributed by atoms with E-state index >= 15 is 0 Å². The highest BCUT2D eigenvalue weighted by Gasteiger charge is 2.09. The third kappa shape index (κ3) is 6.95. The van der Waals surface area contributed by atoms with Gasteiger partial charge in [-0.15, -0.1) is 0 Å². The molecule has 0 radical (unpaired) electrons. The second kappa shape index (κ2) is 9.34. The monoisotopic (exact) mass is 329 g/mol. The van der Waals surface area contributed by atoms with E-state index in [0.717, 1.165) is 29.5 Å². The molecule has 0 saturated heterocycles. The molecule has 108 valence electrons. The SMILES string of the molecule is CCCC(CC)NCC(O)COc1ccc(Br)cc1. The van der Waals surface area contributed by atoms with E-state index in [1.165, 1.54) is 0 Å². The molecule has 0 aliphatic rings. The van der Waals surface area contributed by atoms with Crippen LogP contribution in [0.25, 0.3) is 0 Å². The van der Waals surface area contributed by atoms with E-state index in [-0.39, 0.29) is 0 Å². The molecule has 0 heterocycles. The van der Waals surface area contributed by atoms with Crippen molar-refractivity contribution in [3.8, 4) is 5.75 Å². The molecule has 2 unspecified atom stereocenters. The summed E-state index contributed by atoms with van der Waals surface area (Å²) in [6.45, 7) is 5.24. The molecule has 0 saturated carbocycles. The van der Waals surface area contributed by atoms with Gasteiger partial charge in [0.25, 0.3) is 0 Å². The highest BCUT2D eigenvalue weighted by molar-refractivity contribution is 9.10. The number of aliphatic hydroxyl groups excluding tert-OH is 1. The number of hydrogen-bond donors (Lipinski definition) is 2. The fraction of sp³-hybridized carbons (Fsp3) is 0.600. The Labute approximate surface area is 124 Å². The molecule has 2 N–H and O–H groups in total. The van der Waals surface area contributed by atoms with Crippen molar-refractivity contribution in [1.82, 2.24) is 5.32 Å². The summed E-state index contributed by atoms with van der Waals surface area (Å²) in [7, 11) is 0. The molecular weight excluding hydrogens is 306 g/mol. The van der Waals surface area contributed by atoms with Gasteiger partial charge in [0.1, 0.15) is 18.5 Å². The Morgan fingerprint density at radius 3 is 2.53 bits per heavy atom. The summed E-state index contributed by atoms with van der Waals surface area (Å²) in [4.78, 5) is 0. The maximum Gasteiger partial charge on any atom is 0.119 e. The van der Waals surface area contributed by atoms with Crippen molar-refractivity contribution >= 4 is 15.9 Å². The predicted octanol–water partition coefficient (Wildman–Crippen LogP) is 3.36. The summed E-state index contributed by atoms with van der Waals surface area (Å²) in [6, 6.07) is 8.11. The maximum absolute atomic E-state index is 9.88. The molecule has 1 aromatic rings. The Balaban J connectivity index is 2.23.